The molecular weight excluding hydrogens is 356 g/mol. The maximum atomic E-state index is 12.5. The predicted octanol–water partition coefficient (Wildman–Crippen LogP) is 4.09. The summed E-state index contributed by atoms with van der Waals surface area (Å²) in [7, 11) is 1.60. The van der Waals surface area contributed by atoms with Crippen molar-refractivity contribution in [2.24, 2.45) is 0 Å². The van der Waals surface area contributed by atoms with Gasteiger partial charge in [-0.3, -0.25) is 4.79 Å². The van der Waals surface area contributed by atoms with E-state index in [4.69, 9.17) is 4.74 Å². The molecule has 0 saturated carbocycles. The van der Waals surface area contributed by atoms with Gasteiger partial charge in [0.15, 0.2) is 0 Å². The predicted molar refractivity (Wildman–Crippen MR) is 106 cm³/mol. The maximum absolute atomic E-state index is 12.5. The Bertz CT molecular complexity index is 1140. The Hall–Kier alpha value is -4.11. The number of nitrogens with one attached hydrogen (secondary N) is 1. The number of anilines is 1. The van der Waals surface area contributed by atoms with E-state index in [-0.39, 0.29) is 16.8 Å². The zero-order chi connectivity index (χ0) is 20.1. The Labute approximate surface area is 161 Å². The number of rotatable bonds is 5. The van der Waals surface area contributed by atoms with Crippen molar-refractivity contribution in [1.82, 2.24) is 0 Å². The maximum Gasteiger partial charge on any atom is 0.337 e. The van der Waals surface area contributed by atoms with Gasteiger partial charge in [-0.2, -0.15) is 5.26 Å². The van der Waals surface area contributed by atoms with Crippen LogP contribution in [0.15, 0.2) is 66.2 Å². The first-order valence-electron chi connectivity index (χ1n) is 8.35. The van der Waals surface area contributed by atoms with Crippen LogP contribution in [0.5, 0.6) is 5.75 Å². The summed E-state index contributed by atoms with van der Waals surface area (Å²) in [5.74, 6) is -1.10. The minimum absolute atomic E-state index is 0.0483. The third kappa shape index (κ3) is 4.00. The minimum Gasteiger partial charge on any atom is -0.497 e. The first kappa shape index (κ1) is 18.7. The molecule has 0 atom stereocenters. The monoisotopic (exact) mass is 372 g/mol. The molecule has 3 rings (SSSR count). The third-order valence-electron chi connectivity index (χ3n) is 4.15. The van der Waals surface area contributed by atoms with Gasteiger partial charge in [-0.15, -0.1) is 0 Å². The zero-order valence-corrected chi connectivity index (χ0v) is 15.0. The molecule has 6 nitrogen and oxygen atoms in total. The molecule has 0 spiro atoms. The second-order valence-corrected chi connectivity index (χ2v) is 5.95. The van der Waals surface area contributed by atoms with E-state index in [1.54, 1.807) is 25.3 Å². The highest BCUT2D eigenvalue weighted by Crippen LogP contribution is 2.23. The molecule has 2 N–H and O–H groups in total. The van der Waals surface area contributed by atoms with Gasteiger partial charge in [0.25, 0.3) is 5.91 Å². The van der Waals surface area contributed by atoms with Crippen LogP contribution in [0, 0.1) is 11.3 Å². The molecule has 0 aliphatic heterocycles. The summed E-state index contributed by atoms with van der Waals surface area (Å²) >= 11 is 0. The molecule has 0 saturated heterocycles. The lowest BCUT2D eigenvalue weighted by Gasteiger charge is -2.08. The molecule has 0 aliphatic rings. The van der Waals surface area contributed by atoms with Crippen molar-refractivity contribution in [2.75, 3.05) is 12.4 Å². The number of carboxylic acids is 1. The second kappa shape index (κ2) is 8.06. The molecule has 0 aliphatic carbocycles. The lowest BCUT2D eigenvalue weighted by atomic mass is 10.0. The molecule has 0 aromatic heterocycles. The number of hydrogen-bond donors (Lipinski definition) is 2. The Balaban J connectivity index is 1.89. The number of carbonyl (C=O) groups excluding carboxylic acids is 1. The van der Waals surface area contributed by atoms with E-state index < -0.39 is 11.9 Å². The van der Waals surface area contributed by atoms with Crippen LogP contribution < -0.4 is 10.1 Å². The van der Waals surface area contributed by atoms with Crippen molar-refractivity contribution in [3.8, 4) is 11.8 Å². The van der Waals surface area contributed by atoms with Gasteiger partial charge < -0.3 is 15.2 Å². The molecule has 0 fully saturated rings. The van der Waals surface area contributed by atoms with Crippen LogP contribution in [0.3, 0.4) is 0 Å². The van der Waals surface area contributed by atoms with Crippen LogP contribution in [0.2, 0.25) is 0 Å². The number of carboxylic acid groups (broad SMARTS) is 1. The molecule has 0 radical (unpaired) electrons. The number of ether oxygens (including phenoxy) is 1. The molecule has 0 bridgehead atoms. The van der Waals surface area contributed by atoms with Gasteiger partial charge in [0.2, 0.25) is 0 Å². The smallest absolute Gasteiger partial charge is 0.337 e. The quantitative estimate of drug-likeness (QED) is 0.519. The van der Waals surface area contributed by atoms with Gasteiger partial charge in [-0.05, 0) is 52.7 Å². The molecule has 6 heteroatoms. The van der Waals surface area contributed by atoms with Crippen LogP contribution in [-0.2, 0) is 4.79 Å². The van der Waals surface area contributed by atoms with Crippen LogP contribution in [0.4, 0.5) is 5.69 Å². The van der Waals surface area contributed by atoms with Crippen LogP contribution in [0.25, 0.3) is 16.8 Å². The van der Waals surface area contributed by atoms with Gasteiger partial charge in [0.05, 0.1) is 18.4 Å². The van der Waals surface area contributed by atoms with Gasteiger partial charge in [0, 0.05) is 0 Å². The summed E-state index contributed by atoms with van der Waals surface area (Å²) in [4.78, 5) is 23.7. The van der Waals surface area contributed by atoms with Crippen LogP contribution >= 0.6 is 0 Å². The fourth-order valence-electron chi connectivity index (χ4n) is 2.74. The number of hydrogen-bond acceptors (Lipinski definition) is 4. The summed E-state index contributed by atoms with van der Waals surface area (Å²) in [6.07, 6.45) is 1.46. The van der Waals surface area contributed by atoms with Crippen LogP contribution in [0.1, 0.15) is 15.9 Å². The van der Waals surface area contributed by atoms with Crippen LogP contribution in [-0.4, -0.2) is 24.1 Å². The van der Waals surface area contributed by atoms with Crippen molar-refractivity contribution < 1.29 is 19.4 Å². The van der Waals surface area contributed by atoms with E-state index in [1.165, 1.54) is 18.2 Å². The first-order valence-corrected chi connectivity index (χ1v) is 8.35. The standard InChI is InChI=1S/C22H16N2O4/c1-28-18-9-8-15-10-14(6-7-16(15)12-18)11-17(13-23)21(25)24-20-5-3-2-4-19(20)22(26)27/h2-12H,1H3,(H,24,25)(H,26,27)/b17-11+. The molecule has 138 valence electrons. The first-order chi connectivity index (χ1) is 13.5. The Morgan fingerprint density at radius 1 is 1.07 bits per heavy atom. The summed E-state index contributed by atoms with van der Waals surface area (Å²) in [5.41, 5.74) is 0.628. The molecule has 28 heavy (non-hydrogen) atoms. The summed E-state index contributed by atoms with van der Waals surface area (Å²) in [6.45, 7) is 0. The van der Waals surface area contributed by atoms with E-state index in [1.807, 2.05) is 36.4 Å². The molecule has 0 unspecified atom stereocenters. The van der Waals surface area contributed by atoms with E-state index in [2.05, 4.69) is 5.32 Å². The Morgan fingerprint density at radius 2 is 1.79 bits per heavy atom. The van der Waals surface area contributed by atoms with Crippen molar-refractivity contribution in [1.29, 1.82) is 5.26 Å². The molecule has 1 amide bonds. The van der Waals surface area contributed by atoms with E-state index in [9.17, 15) is 20.0 Å². The topological polar surface area (TPSA) is 99.4 Å². The summed E-state index contributed by atoms with van der Waals surface area (Å²) < 4.78 is 5.20. The van der Waals surface area contributed by atoms with Gasteiger partial charge in [-0.25, -0.2) is 4.79 Å². The number of methoxy groups -OCH3 is 1. The van der Waals surface area contributed by atoms with Crippen molar-refractivity contribution in [3.05, 3.63) is 77.4 Å². The summed E-state index contributed by atoms with van der Waals surface area (Å²) in [5, 5.41) is 23.0. The lowest BCUT2D eigenvalue weighted by molar-refractivity contribution is -0.112. The SMILES string of the molecule is COc1ccc2cc(/C=C(\C#N)C(=O)Nc3ccccc3C(=O)O)ccc2c1. The largest absolute Gasteiger partial charge is 0.497 e. The van der Waals surface area contributed by atoms with Gasteiger partial charge in [0.1, 0.15) is 17.4 Å². The van der Waals surface area contributed by atoms with E-state index in [0.717, 1.165) is 16.5 Å². The number of carbonyl (C=O) groups is 2. The minimum atomic E-state index is -1.16. The average Bonchev–Trinajstić information content (AvgIpc) is 2.71. The number of aromatic carboxylic acids is 1. The van der Waals surface area contributed by atoms with Crippen molar-refractivity contribution >= 4 is 34.4 Å². The Kier molecular flexibility index (Phi) is 5.38. The fraction of sp³-hybridized carbons (Fsp3) is 0.0455. The molecule has 3 aromatic carbocycles. The number of benzene rings is 3. The highest BCUT2D eigenvalue weighted by atomic mass is 16.5. The number of nitrogens with zero attached hydrogens (tertiary/aromatic N) is 1. The Morgan fingerprint density at radius 3 is 2.50 bits per heavy atom. The van der Waals surface area contributed by atoms with E-state index >= 15 is 0 Å². The number of nitriles is 1. The average molecular weight is 372 g/mol. The van der Waals surface area contributed by atoms with Gasteiger partial charge in [-0.1, -0.05) is 30.3 Å². The molecule has 3 aromatic rings. The lowest BCUT2D eigenvalue weighted by Crippen LogP contribution is -2.16. The fourth-order valence-corrected chi connectivity index (χ4v) is 2.74. The molecule has 0 heterocycles. The number of amides is 1. The highest BCUT2D eigenvalue weighted by molar-refractivity contribution is 6.12. The normalized spacial score (nSPS) is 10.9. The second-order valence-electron chi connectivity index (χ2n) is 5.95. The zero-order valence-electron chi connectivity index (χ0n) is 15.0. The van der Waals surface area contributed by atoms with Crippen molar-refractivity contribution in [2.45, 2.75) is 0 Å². The van der Waals surface area contributed by atoms with Crippen molar-refractivity contribution in [3.63, 3.8) is 0 Å². The molecular formula is C22H16N2O4. The highest BCUT2D eigenvalue weighted by Gasteiger charge is 2.14. The third-order valence-corrected chi connectivity index (χ3v) is 4.15. The number of para-hydroxylation sites is 1. The summed E-state index contributed by atoms with van der Waals surface area (Å²) in [6, 6.07) is 19.0. The number of fused-ring (bicyclic) bond motifs is 1. The van der Waals surface area contributed by atoms with Gasteiger partial charge >= 0.3 is 5.97 Å². The van der Waals surface area contributed by atoms with E-state index in [0.29, 0.717) is 5.56 Å².